The third kappa shape index (κ3) is 3.97. The maximum atomic E-state index is 13.0. The molecule has 8 heteroatoms. The minimum Gasteiger partial charge on any atom is -0.341 e. The topological polar surface area (TPSA) is 53.5 Å². The molecule has 152 valence electrons. The van der Waals surface area contributed by atoms with Crippen molar-refractivity contribution in [3.05, 3.63) is 47.8 Å². The fourth-order valence-electron chi connectivity index (χ4n) is 3.81. The molecule has 1 aromatic heterocycles. The predicted octanol–water partition coefficient (Wildman–Crippen LogP) is 3.67. The van der Waals surface area contributed by atoms with Crippen molar-refractivity contribution < 1.29 is 22.8 Å². The molecule has 4 rings (SSSR count). The van der Waals surface area contributed by atoms with E-state index in [1.807, 2.05) is 0 Å². The highest BCUT2D eigenvalue weighted by Gasteiger charge is 2.33. The second-order valence-electron chi connectivity index (χ2n) is 7.37. The van der Waals surface area contributed by atoms with Crippen LogP contribution in [0.1, 0.15) is 30.5 Å². The number of alkyl halides is 3. The number of rotatable bonds is 3. The average molecular weight is 403 g/mol. The molecular weight excluding hydrogens is 383 g/mol. The van der Waals surface area contributed by atoms with Gasteiger partial charge in [-0.05, 0) is 43.0 Å². The van der Waals surface area contributed by atoms with Crippen LogP contribution in [0.15, 0.2) is 36.5 Å². The Morgan fingerprint density at radius 1 is 1.07 bits per heavy atom. The number of hydrogen-bond acceptors (Lipinski definition) is 3. The molecule has 0 unspecified atom stereocenters. The van der Waals surface area contributed by atoms with Crippen LogP contribution >= 0.6 is 0 Å². The van der Waals surface area contributed by atoms with Gasteiger partial charge in [-0.2, -0.15) is 13.2 Å². The van der Waals surface area contributed by atoms with Crippen LogP contribution in [0, 0.1) is 0 Å². The summed E-state index contributed by atoms with van der Waals surface area (Å²) >= 11 is 0. The average Bonchev–Trinajstić information content (AvgIpc) is 3.02. The molecule has 1 fully saturated rings. The zero-order valence-corrected chi connectivity index (χ0v) is 15.7. The predicted molar refractivity (Wildman–Crippen MR) is 101 cm³/mol. The normalized spacial score (nSPS) is 16.9. The van der Waals surface area contributed by atoms with Crippen molar-refractivity contribution in [2.24, 2.45) is 0 Å². The molecule has 2 aromatic rings. The number of pyridine rings is 1. The highest BCUT2D eigenvalue weighted by molar-refractivity contribution is 6.05. The Labute approximate surface area is 166 Å². The van der Waals surface area contributed by atoms with Crippen molar-refractivity contribution in [1.82, 2.24) is 9.88 Å². The van der Waals surface area contributed by atoms with Gasteiger partial charge >= 0.3 is 6.18 Å². The van der Waals surface area contributed by atoms with E-state index in [4.69, 9.17) is 0 Å². The first-order valence-corrected chi connectivity index (χ1v) is 9.57. The lowest BCUT2D eigenvalue weighted by Gasteiger charge is -2.28. The van der Waals surface area contributed by atoms with E-state index in [-0.39, 0.29) is 24.8 Å². The van der Waals surface area contributed by atoms with E-state index >= 15 is 0 Å². The van der Waals surface area contributed by atoms with Gasteiger partial charge in [-0.3, -0.25) is 14.6 Å². The number of halogens is 3. The van der Waals surface area contributed by atoms with Gasteiger partial charge in [0.25, 0.3) is 0 Å². The number of benzene rings is 1. The molecule has 0 aliphatic carbocycles. The Morgan fingerprint density at radius 2 is 1.83 bits per heavy atom. The zero-order valence-electron chi connectivity index (χ0n) is 15.7. The summed E-state index contributed by atoms with van der Waals surface area (Å²) in [7, 11) is 0. The van der Waals surface area contributed by atoms with E-state index in [2.05, 4.69) is 4.98 Å². The number of nitrogens with zero attached hydrogens (tertiary/aromatic N) is 3. The largest absolute Gasteiger partial charge is 0.416 e. The van der Waals surface area contributed by atoms with Gasteiger partial charge in [0.15, 0.2) is 0 Å². The third-order valence-electron chi connectivity index (χ3n) is 5.38. The maximum absolute atomic E-state index is 13.0. The molecule has 3 heterocycles. The minimum absolute atomic E-state index is 0.0699. The highest BCUT2D eigenvalue weighted by atomic mass is 19.4. The highest BCUT2D eigenvalue weighted by Crippen LogP contribution is 2.35. The number of fused-ring (bicyclic) bond motifs is 1. The summed E-state index contributed by atoms with van der Waals surface area (Å²) in [6, 6.07) is 6.62. The Hall–Kier alpha value is -2.90. The van der Waals surface area contributed by atoms with Crippen LogP contribution in [-0.2, 0) is 22.2 Å². The van der Waals surface area contributed by atoms with E-state index in [1.165, 1.54) is 17.2 Å². The molecular formula is C21H20F3N3O2. The molecule has 1 aromatic carbocycles. The summed E-state index contributed by atoms with van der Waals surface area (Å²) < 4.78 is 39.1. The van der Waals surface area contributed by atoms with Crippen molar-refractivity contribution in [1.29, 1.82) is 0 Å². The second-order valence-corrected chi connectivity index (χ2v) is 7.37. The van der Waals surface area contributed by atoms with E-state index in [0.29, 0.717) is 35.6 Å². The van der Waals surface area contributed by atoms with Gasteiger partial charge in [-0.15, -0.1) is 0 Å². The lowest BCUT2D eigenvalue weighted by Crippen LogP contribution is -2.43. The van der Waals surface area contributed by atoms with Crippen LogP contribution in [0.25, 0.3) is 11.1 Å². The lowest BCUT2D eigenvalue weighted by atomic mass is 10.0. The summed E-state index contributed by atoms with van der Waals surface area (Å²) in [6.07, 6.45) is 0.126. The number of piperidine rings is 1. The van der Waals surface area contributed by atoms with Crippen LogP contribution in [0.2, 0.25) is 0 Å². The molecule has 29 heavy (non-hydrogen) atoms. The molecule has 0 spiro atoms. The molecule has 0 bridgehead atoms. The van der Waals surface area contributed by atoms with Crippen LogP contribution < -0.4 is 4.90 Å². The van der Waals surface area contributed by atoms with E-state index < -0.39 is 11.7 Å². The van der Waals surface area contributed by atoms with Crippen molar-refractivity contribution in [2.45, 2.75) is 31.9 Å². The van der Waals surface area contributed by atoms with Gasteiger partial charge in [0.2, 0.25) is 11.8 Å². The summed E-state index contributed by atoms with van der Waals surface area (Å²) in [5, 5.41) is 0. The monoisotopic (exact) mass is 403 g/mol. The number of carbonyl (C=O) groups is 2. The fraction of sp³-hybridized carbons (Fsp3) is 0.381. The van der Waals surface area contributed by atoms with Crippen LogP contribution in [-0.4, -0.2) is 41.3 Å². The molecule has 0 N–H and O–H groups in total. The Balaban J connectivity index is 1.61. The third-order valence-corrected chi connectivity index (χ3v) is 5.38. The smallest absolute Gasteiger partial charge is 0.341 e. The van der Waals surface area contributed by atoms with Gasteiger partial charge in [0.05, 0.1) is 23.4 Å². The van der Waals surface area contributed by atoms with Crippen molar-refractivity contribution in [3.8, 4) is 11.1 Å². The number of carbonyl (C=O) groups excluding carboxylic acids is 2. The zero-order chi connectivity index (χ0) is 20.6. The van der Waals surface area contributed by atoms with Gasteiger partial charge in [0.1, 0.15) is 6.54 Å². The number of aromatic nitrogens is 1. The van der Waals surface area contributed by atoms with Gasteiger partial charge in [-0.25, -0.2) is 0 Å². The number of likely N-dealkylation sites (tertiary alicyclic amines) is 1. The standard InChI is InChI=1S/C21H20F3N3O2/c22-21(23,24)16-6-4-5-14(9-16)15-10-18-17(25-12-15)11-19(28)27(18)13-20(29)26-7-2-1-3-8-26/h4-6,9-10,12H,1-3,7-8,11,13H2. The van der Waals surface area contributed by atoms with Crippen LogP contribution in [0.4, 0.5) is 18.9 Å². The quantitative estimate of drug-likeness (QED) is 0.786. The first kappa shape index (κ1) is 19.4. The summed E-state index contributed by atoms with van der Waals surface area (Å²) in [5.74, 6) is -0.338. The molecule has 2 aliphatic rings. The van der Waals surface area contributed by atoms with E-state index in [9.17, 15) is 22.8 Å². The Morgan fingerprint density at radius 3 is 2.55 bits per heavy atom. The maximum Gasteiger partial charge on any atom is 0.416 e. The summed E-state index contributed by atoms with van der Waals surface area (Å²) in [6.45, 7) is 1.31. The number of amides is 2. The van der Waals surface area contributed by atoms with Crippen molar-refractivity contribution >= 4 is 17.5 Å². The number of hydrogen-bond donors (Lipinski definition) is 0. The Kier molecular flexibility index (Phi) is 5.02. The molecule has 5 nitrogen and oxygen atoms in total. The fourth-order valence-corrected chi connectivity index (χ4v) is 3.81. The molecule has 2 amide bonds. The van der Waals surface area contributed by atoms with E-state index in [0.717, 1.165) is 31.4 Å². The molecule has 0 saturated carbocycles. The molecule has 2 aliphatic heterocycles. The van der Waals surface area contributed by atoms with Crippen molar-refractivity contribution in [3.63, 3.8) is 0 Å². The minimum atomic E-state index is -4.44. The molecule has 0 atom stereocenters. The van der Waals surface area contributed by atoms with Crippen LogP contribution in [0.3, 0.4) is 0 Å². The first-order chi connectivity index (χ1) is 13.8. The van der Waals surface area contributed by atoms with E-state index in [1.54, 1.807) is 17.0 Å². The van der Waals surface area contributed by atoms with Crippen molar-refractivity contribution in [2.75, 3.05) is 24.5 Å². The van der Waals surface area contributed by atoms with Gasteiger partial charge in [-0.1, -0.05) is 12.1 Å². The number of anilines is 1. The van der Waals surface area contributed by atoms with Gasteiger partial charge < -0.3 is 9.80 Å². The Bertz CT molecular complexity index is 952. The summed E-state index contributed by atoms with van der Waals surface area (Å²) in [4.78, 5) is 32.5. The SMILES string of the molecule is O=C(CN1C(=O)Cc2ncc(-c3cccc(C(F)(F)F)c3)cc21)N1CCCCC1. The second kappa shape index (κ2) is 7.50. The van der Waals surface area contributed by atoms with Crippen LogP contribution in [0.5, 0.6) is 0 Å². The molecule has 1 saturated heterocycles. The lowest BCUT2D eigenvalue weighted by molar-refractivity contribution is -0.137. The first-order valence-electron chi connectivity index (χ1n) is 9.57. The summed E-state index contributed by atoms with van der Waals surface area (Å²) in [5.41, 5.74) is 1.12. The van der Waals surface area contributed by atoms with Gasteiger partial charge in [0, 0.05) is 24.8 Å². The molecule has 0 radical (unpaired) electrons.